The molecule has 356 valence electrons. The van der Waals surface area contributed by atoms with Crippen LogP contribution in [-0.2, 0) is 37.5 Å². The van der Waals surface area contributed by atoms with Gasteiger partial charge in [0.05, 0.1) is 27.7 Å². The van der Waals surface area contributed by atoms with Crippen LogP contribution in [0, 0.1) is 0 Å². The lowest BCUT2D eigenvalue weighted by Gasteiger charge is -2.24. The minimum Gasteiger partial charge on any atom is -0.462 e. The molecule has 0 aromatic rings. The number of phosphoric ester groups is 1. The molecule has 0 fully saturated rings. The molecule has 0 aliphatic heterocycles. The Hall–Kier alpha value is -2.10. The third-order valence-corrected chi connectivity index (χ3v) is 11.6. The van der Waals surface area contributed by atoms with Crippen LogP contribution in [0.3, 0.4) is 0 Å². The van der Waals surface area contributed by atoms with E-state index in [1.54, 1.807) is 6.08 Å². The van der Waals surface area contributed by atoms with Crippen LogP contribution in [0.2, 0.25) is 0 Å². The lowest BCUT2D eigenvalue weighted by atomic mass is 10.0. The molecular formula is C50H93NO9P+. The lowest BCUT2D eigenvalue weighted by molar-refractivity contribution is -0.870. The zero-order valence-electron chi connectivity index (χ0n) is 39.9. The van der Waals surface area contributed by atoms with Crippen molar-refractivity contribution < 1.29 is 46.8 Å². The van der Waals surface area contributed by atoms with Crippen LogP contribution >= 0.6 is 7.82 Å². The summed E-state index contributed by atoms with van der Waals surface area (Å²) in [5, 5.41) is 0. The zero-order valence-corrected chi connectivity index (χ0v) is 40.8. The van der Waals surface area contributed by atoms with E-state index in [1.807, 2.05) is 33.3 Å². The number of phosphoric acid groups is 1. The molecule has 0 aromatic carbocycles. The highest BCUT2D eigenvalue weighted by atomic mass is 31.2. The topological polar surface area (TPSA) is 125 Å². The molecule has 1 N–H and O–H groups in total. The van der Waals surface area contributed by atoms with Crippen LogP contribution in [0.5, 0.6) is 0 Å². The van der Waals surface area contributed by atoms with Crippen molar-refractivity contribution in [1.29, 1.82) is 0 Å². The highest BCUT2D eigenvalue weighted by Crippen LogP contribution is 2.43. The number of nitrogens with zero attached hydrogens (tertiary/aromatic N) is 1. The van der Waals surface area contributed by atoms with Gasteiger partial charge in [0.2, 0.25) is 0 Å². The molecule has 0 aromatic heterocycles. The predicted octanol–water partition coefficient (Wildman–Crippen LogP) is 13.7. The van der Waals surface area contributed by atoms with Crippen molar-refractivity contribution in [1.82, 2.24) is 0 Å². The molecular weight excluding hydrogens is 790 g/mol. The van der Waals surface area contributed by atoms with Gasteiger partial charge in [-0.1, -0.05) is 166 Å². The van der Waals surface area contributed by atoms with Crippen molar-refractivity contribution in [3.63, 3.8) is 0 Å². The van der Waals surface area contributed by atoms with Gasteiger partial charge in [-0.15, -0.1) is 0 Å². The number of rotatable bonds is 45. The molecule has 0 spiro atoms. The Morgan fingerprint density at radius 2 is 0.984 bits per heavy atom. The van der Waals surface area contributed by atoms with E-state index in [0.717, 1.165) is 51.4 Å². The molecule has 0 bridgehead atoms. The van der Waals surface area contributed by atoms with Gasteiger partial charge in [-0.3, -0.25) is 23.4 Å². The molecule has 11 heteroatoms. The second kappa shape index (κ2) is 41.9. The average Bonchev–Trinajstić information content (AvgIpc) is 3.21. The fraction of sp³-hybridized carbons (Fsp3) is 0.820. The van der Waals surface area contributed by atoms with Crippen molar-refractivity contribution in [3.05, 3.63) is 36.5 Å². The van der Waals surface area contributed by atoms with E-state index >= 15 is 0 Å². The van der Waals surface area contributed by atoms with Crippen molar-refractivity contribution in [2.75, 3.05) is 47.5 Å². The summed E-state index contributed by atoms with van der Waals surface area (Å²) >= 11 is 0. The molecule has 0 aliphatic rings. The number of hydrogen-bond donors (Lipinski definition) is 1. The highest BCUT2D eigenvalue weighted by molar-refractivity contribution is 7.47. The number of quaternary nitrogens is 1. The SMILES string of the molecule is CCCCC/C=C\C=C\C(=O)CCCCCCCC(=O)OC[C@H](COP(=O)(O)OCC[N+](C)(C)C)OC(=O)CCCCCCCCCCCCC/C=C\CCCCCCCC. The molecule has 0 radical (unpaired) electrons. The first-order valence-corrected chi connectivity index (χ1v) is 26.2. The number of likely N-dealkylation sites (N-methyl/N-ethyl adjacent to an activating group) is 1. The standard InChI is InChI=1S/C50H92NO9P/c1-6-8-10-12-14-15-16-17-18-19-20-21-22-23-24-25-26-27-29-33-38-42-50(54)60-48(46-59-61(55,56)58-44-43-51(3,4)5)45-57-49(53)41-37-34-30-32-36-40-47(52)39-35-31-28-13-11-9-7-2/h17-18,28,31,35,39,48H,6-16,19-27,29-30,32-34,36-38,40-46H2,1-5H3/p+1/b18-17-,31-28-,39-35+/t48-/m1/s1. The smallest absolute Gasteiger partial charge is 0.462 e. The minimum absolute atomic E-state index is 0.0123. The number of unbranched alkanes of at least 4 members (excludes halogenated alkanes) is 24. The lowest BCUT2D eigenvalue weighted by Crippen LogP contribution is -2.37. The summed E-state index contributed by atoms with van der Waals surface area (Å²) in [7, 11) is 1.41. The van der Waals surface area contributed by atoms with Gasteiger partial charge in [-0.2, -0.15) is 0 Å². The maximum Gasteiger partial charge on any atom is 0.472 e. The largest absolute Gasteiger partial charge is 0.472 e. The molecule has 0 aliphatic carbocycles. The molecule has 0 amide bonds. The van der Waals surface area contributed by atoms with Gasteiger partial charge in [0.25, 0.3) is 0 Å². The number of hydrogen-bond acceptors (Lipinski definition) is 8. The summed E-state index contributed by atoms with van der Waals surface area (Å²) in [6.45, 7) is 4.25. The number of ether oxygens (including phenoxy) is 2. The summed E-state index contributed by atoms with van der Waals surface area (Å²) in [5.41, 5.74) is 0. The number of ketones is 1. The second-order valence-electron chi connectivity index (χ2n) is 17.9. The van der Waals surface area contributed by atoms with Crippen LogP contribution < -0.4 is 0 Å². The molecule has 2 atom stereocenters. The molecule has 0 saturated heterocycles. The van der Waals surface area contributed by atoms with E-state index < -0.39 is 32.5 Å². The number of carbonyl (C=O) groups is 3. The van der Waals surface area contributed by atoms with Gasteiger partial charge in [0.15, 0.2) is 11.9 Å². The number of esters is 2. The number of allylic oxidation sites excluding steroid dienone is 6. The van der Waals surface area contributed by atoms with Crippen LogP contribution in [0.1, 0.15) is 213 Å². The maximum absolute atomic E-state index is 12.7. The minimum atomic E-state index is -4.40. The monoisotopic (exact) mass is 883 g/mol. The van der Waals surface area contributed by atoms with Crippen LogP contribution in [0.25, 0.3) is 0 Å². The summed E-state index contributed by atoms with van der Waals surface area (Å²) in [5.74, 6) is -0.759. The Morgan fingerprint density at radius 3 is 1.52 bits per heavy atom. The normalized spacial score (nSPS) is 13.7. The summed E-state index contributed by atoms with van der Waals surface area (Å²) in [4.78, 5) is 47.5. The summed E-state index contributed by atoms with van der Waals surface area (Å²) in [6.07, 6.45) is 44.4. The Bertz CT molecular complexity index is 1200. The van der Waals surface area contributed by atoms with Crippen LogP contribution in [0.4, 0.5) is 0 Å². The zero-order chi connectivity index (χ0) is 45.1. The molecule has 0 rings (SSSR count). The van der Waals surface area contributed by atoms with Crippen LogP contribution in [-0.4, -0.2) is 80.7 Å². The first-order valence-electron chi connectivity index (χ1n) is 24.7. The van der Waals surface area contributed by atoms with Crippen molar-refractivity contribution in [2.24, 2.45) is 0 Å². The van der Waals surface area contributed by atoms with Gasteiger partial charge < -0.3 is 18.9 Å². The van der Waals surface area contributed by atoms with E-state index in [9.17, 15) is 23.8 Å². The maximum atomic E-state index is 12.7. The van der Waals surface area contributed by atoms with Crippen molar-refractivity contribution in [3.8, 4) is 0 Å². The van der Waals surface area contributed by atoms with Crippen molar-refractivity contribution in [2.45, 2.75) is 219 Å². The van der Waals surface area contributed by atoms with Gasteiger partial charge >= 0.3 is 19.8 Å². The quantitative estimate of drug-likeness (QED) is 0.0121. The fourth-order valence-electron chi connectivity index (χ4n) is 6.70. The Labute approximate surface area is 374 Å². The van der Waals surface area contributed by atoms with E-state index in [1.165, 1.54) is 116 Å². The first-order chi connectivity index (χ1) is 29.4. The fourth-order valence-corrected chi connectivity index (χ4v) is 7.44. The van der Waals surface area contributed by atoms with Gasteiger partial charge in [0.1, 0.15) is 19.8 Å². The summed E-state index contributed by atoms with van der Waals surface area (Å²) < 4.78 is 34.3. The molecule has 0 heterocycles. The van der Waals surface area contributed by atoms with E-state index in [0.29, 0.717) is 30.3 Å². The Kier molecular flexibility index (Phi) is 40.4. The Morgan fingerprint density at radius 1 is 0.541 bits per heavy atom. The van der Waals surface area contributed by atoms with Gasteiger partial charge in [-0.05, 0) is 63.9 Å². The van der Waals surface area contributed by atoms with E-state index in [-0.39, 0.29) is 31.8 Å². The molecule has 61 heavy (non-hydrogen) atoms. The van der Waals surface area contributed by atoms with Crippen molar-refractivity contribution >= 4 is 25.5 Å². The average molecular weight is 883 g/mol. The molecule has 0 saturated carbocycles. The Balaban J connectivity index is 4.32. The third kappa shape index (κ3) is 45.7. The predicted molar refractivity (Wildman–Crippen MR) is 252 cm³/mol. The molecule has 1 unspecified atom stereocenters. The second-order valence-corrected chi connectivity index (χ2v) is 19.3. The van der Waals surface area contributed by atoms with Crippen LogP contribution in [0.15, 0.2) is 36.5 Å². The van der Waals surface area contributed by atoms with Gasteiger partial charge in [0, 0.05) is 19.3 Å². The van der Waals surface area contributed by atoms with Gasteiger partial charge in [-0.25, -0.2) is 4.57 Å². The van der Waals surface area contributed by atoms with E-state index in [2.05, 4.69) is 32.1 Å². The highest BCUT2D eigenvalue weighted by Gasteiger charge is 2.27. The molecule has 10 nitrogen and oxygen atoms in total. The first kappa shape index (κ1) is 58.9. The number of carbonyl (C=O) groups excluding carboxylic acids is 3. The van der Waals surface area contributed by atoms with E-state index in [4.69, 9.17) is 18.5 Å². The third-order valence-electron chi connectivity index (χ3n) is 10.6. The summed E-state index contributed by atoms with van der Waals surface area (Å²) in [6, 6.07) is 0.